The SMILES string of the molecule is O=C1CCC(c2ccc(N3CCC(C(=O)N4CC[C@H](C(=O)O)C4)CC3)nc2)C(=O)N1. The number of aromatic nitrogens is 1. The molecule has 2 atom stereocenters. The number of carbonyl (C=O) groups excluding carboxylic acids is 3. The smallest absolute Gasteiger partial charge is 0.308 e. The molecule has 3 aliphatic rings. The Morgan fingerprint density at radius 3 is 2.37 bits per heavy atom. The van der Waals surface area contributed by atoms with E-state index in [1.807, 2.05) is 12.1 Å². The van der Waals surface area contributed by atoms with E-state index in [0.29, 0.717) is 58.3 Å². The first-order valence-electron chi connectivity index (χ1n) is 10.5. The van der Waals surface area contributed by atoms with Gasteiger partial charge in [0.1, 0.15) is 5.82 Å². The van der Waals surface area contributed by atoms with Crippen LogP contribution in [0.3, 0.4) is 0 Å². The van der Waals surface area contributed by atoms with E-state index in [0.717, 1.165) is 11.4 Å². The lowest BCUT2D eigenvalue weighted by Crippen LogP contribution is -2.42. The van der Waals surface area contributed by atoms with E-state index < -0.39 is 11.9 Å². The zero-order chi connectivity index (χ0) is 21.3. The monoisotopic (exact) mass is 414 g/mol. The summed E-state index contributed by atoms with van der Waals surface area (Å²) in [7, 11) is 0. The highest BCUT2D eigenvalue weighted by Crippen LogP contribution is 2.28. The van der Waals surface area contributed by atoms with Gasteiger partial charge >= 0.3 is 5.97 Å². The zero-order valence-electron chi connectivity index (χ0n) is 16.7. The number of hydrogen-bond acceptors (Lipinski definition) is 6. The highest BCUT2D eigenvalue weighted by atomic mass is 16.4. The molecular formula is C21H26N4O5. The normalized spacial score (nSPS) is 25.3. The second-order valence-corrected chi connectivity index (χ2v) is 8.32. The predicted octanol–water partition coefficient (Wildman–Crippen LogP) is 0.751. The van der Waals surface area contributed by atoms with E-state index in [4.69, 9.17) is 5.11 Å². The fourth-order valence-electron chi connectivity index (χ4n) is 4.58. The molecule has 0 bridgehead atoms. The van der Waals surface area contributed by atoms with Gasteiger partial charge in [0.05, 0.1) is 11.8 Å². The number of likely N-dealkylation sites (tertiary alicyclic amines) is 1. The minimum Gasteiger partial charge on any atom is -0.481 e. The third-order valence-electron chi connectivity index (χ3n) is 6.43. The number of carboxylic acid groups (broad SMARTS) is 1. The van der Waals surface area contributed by atoms with Gasteiger partial charge in [-0.25, -0.2) is 4.98 Å². The molecule has 3 aliphatic heterocycles. The number of carbonyl (C=O) groups is 4. The number of nitrogens with zero attached hydrogens (tertiary/aromatic N) is 3. The molecule has 9 heteroatoms. The maximum absolute atomic E-state index is 12.7. The van der Waals surface area contributed by atoms with Crippen molar-refractivity contribution >= 4 is 29.5 Å². The molecule has 0 aliphatic carbocycles. The van der Waals surface area contributed by atoms with Crippen LogP contribution in [0.15, 0.2) is 18.3 Å². The molecule has 1 aromatic heterocycles. The molecule has 9 nitrogen and oxygen atoms in total. The Kier molecular flexibility index (Phi) is 5.69. The number of carboxylic acids is 1. The predicted molar refractivity (Wildman–Crippen MR) is 107 cm³/mol. The number of rotatable bonds is 4. The lowest BCUT2D eigenvalue weighted by Gasteiger charge is -2.34. The van der Waals surface area contributed by atoms with E-state index in [1.54, 1.807) is 11.1 Å². The summed E-state index contributed by atoms with van der Waals surface area (Å²) in [5, 5.41) is 11.5. The number of aliphatic carboxylic acids is 1. The first kappa shape index (κ1) is 20.3. The number of anilines is 1. The molecule has 3 fully saturated rings. The molecule has 4 rings (SSSR count). The average Bonchev–Trinajstić information content (AvgIpc) is 3.24. The van der Waals surface area contributed by atoms with Crippen molar-refractivity contribution in [1.82, 2.24) is 15.2 Å². The van der Waals surface area contributed by atoms with Gasteiger partial charge in [0.2, 0.25) is 17.7 Å². The van der Waals surface area contributed by atoms with Crippen molar-refractivity contribution in [2.24, 2.45) is 11.8 Å². The topological polar surface area (TPSA) is 120 Å². The molecule has 0 radical (unpaired) electrons. The fraction of sp³-hybridized carbons (Fsp3) is 0.571. The molecule has 0 aromatic carbocycles. The molecule has 4 heterocycles. The maximum atomic E-state index is 12.7. The maximum Gasteiger partial charge on any atom is 0.308 e. The number of nitrogens with one attached hydrogen (secondary N) is 1. The van der Waals surface area contributed by atoms with Crippen molar-refractivity contribution < 1.29 is 24.3 Å². The number of piperidine rings is 2. The van der Waals surface area contributed by atoms with Crippen LogP contribution >= 0.6 is 0 Å². The van der Waals surface area contributed by atoms with Gasteiger partial charge in [-0.2, -0.15) is 0 Å². The zero-order valence-corrected chi connectivity index (χ0v) is 16.7. The van der Waals surface area contributed by atoms with Crippen molar-refractivity contribution in [2.45, 2.75) is 38.0 Å². The van der Waals surface area contributed by atoms with Gasteiger partial charge in [-0.05, 0) is 37.3 Å². The first-order chi connectivity index (χ1) is 14.4. The summed E-state index contributed by atoms with van der Waals surface area (Å²) in [4.78, 5) is 55.5. The largest absolute Gasteiger partial charge is 0.481 e. The molecule has 0 spiro atoms. The summed E-state index contributed by atoms with van der Waals surface area (Å²) >= 11 is 0. The molecule has 1 aromatic rings. The van der Waals surface area contributed by atoms with Gasteiger partial charge in [0.15, 0.2) is 0 Å². The second-order valence-electron chi connectivity index (χ2n) is 8.32. The van der Waals surface area contributed by atoms with E-state index >= 15 is 0 Å². The number of amides is 3. The highest BCUT2D eigenvalue weighted by Gasteiger charge is 2.35. The van der Waals surface area contributed by atoms with Crippen LogP contribution in [0.5, 0.6) is 0 Å². The summed E-state index contributed by atoms with van der Waals surface area (Å²) in [6.07, 6.45) is 4.49. The summed E-state index contributed by atoms with van der Waals surface area (Å²) < 4.78 is 0. The van der Waals surface area contributed by atoms with Crippen LogP contribution < -0.4 is 10.2 Å². The minimum atomic E-state index is -0.827. The molecule has 2 N–H and O–H groups in total. The first-order valence-corrected chi connectivity index (χ1v) is 10.5. The van der Waals surface area contributed by atoms with Crippen LogP contribution in [0.4, 0.5) is 5.82 Å². The highest BCUT2D eigenvalue weighted by molar-refractivity contribution is 6.00. The Balaban J connectivity index is 1.31. The Labute approximate surface area is 174 Å². The van der Waals surface area contributed by atoms with Crippen molar-refractivity contribution in [3.63, 3.8) is 0 Å². The van der Waals surface area contributed by atoms with Crippen LogP contribution in [0.25, 0.3) is 0 Å². The molecular weight excluding hydrogens is 388 g/mol. The quantitative estimate of drug-likeness (QED) is 0.698. The van der Waals surface area contributed by atoms with Crippen molar-refractivity contribution in [3.05, 3.63) is 23.9 Å². The Morgan fingerprint density at radius 2 is 1.77 bits per heavy atom. The Morgan fingerprint density at radius 1 is 1.03 bits per heavy atom. The molecule has 3 amide bonds. The summed E-state index contributed by atoms with van der Waals surface area (Å²) in [5.74, 6) is -1.31. The second kappa shape index (κ2) is 8.41. The van der Waals surface area contributed by atoms with Gasteiger partial charge in [0, 0.05) is 44.7 Å². The summed E-state index contributed by atoms with van der Waals surface area (Å²) in [6, 6.07) is 3.77. The molecule has 30 heavy (non-hydrogen) atoms. The van der Waals surface area contributed by atoms with Crippen LogP contribution in [-0.2, 0) is 19.2 Å². The van der Waals surface area contributed by atoms with Gasteiger partial charge < -0.3 is 14.9 Å². The van der Waals surface area contributed by atoms with Gasteiger partial charge in [-0.15, -0.1) is 0 Å². The van der Waals surface area contributed by atoms with Crippen LogP contribution in [0.2, 0.25) is 0 Å². The fourth-order valence-corrected chi connectivity index (χ4v) is 4.58. The number of imide groups is 1. The third kappa shape index (κ3) is 4.15. The van der Waals surface area contributed by atoms with Crippen LogP contribution in [-0.4, -0.2) is 64.9 Å². The number of hydrogen-bond donors (Lipinski definition) is 2. The number of pyridine rings is 1. The summed E-state index contributed by atoms with van der Waals surface area (Å²) in [6.45, 7) is 2.26. The van der Waals surface area contributed by atoms with Gasteiger partial charge in [0.25, 0.3) is 0 Å². The van der Waals surface area contributed by atoms with Gasteiger partial charge in [-0.1, -0.05) is 6.07 Å². The summed E-state index contributed by atoms with van der Waals surface area (Å²) in [5.41, 5.74) is 0.802. The van der Waals surface area contributed by atoms with Crippen molar-refractivity contribution in [3.8, 4) is 0 Å². The van der Waals surface area contributed by atoms with Crippen molar-refractivity contribution in [2.75, 3.05) is 31.1 Å². The minimum absolute atomic E-state index is 0.0690. The van der Waals surface area contributed by atoms with Crippen molar-refractivity contribution in [1.29, 1.82) is 0 Å². The average molecular weight is 414 g/mol. The molecule has 1 unspecified atom stereocenters. The Hall–Kier alpha value is -2.97. The lowest BCUT2D eigenvalue weighted by molar-refractivity contribution is -0.142. The Bertz CT molecular complexity index is 847. The molecule has 0 saturated carbocycles. The lowest BCUT2D eigenvalue weighted by atomic mass is 9.91. The molecule has 160 valence electrons. The van der Waals surface area contributed by atoms with E-state index in [-0.39, 0.29) is 29.6 Å². The standard InChI is InChI=1S/C21H26N4O5/c26-18-4-2-16(19(27)23-18)14-1-3-17(22-11-14)24-8-5-13(6-9-24)20(28)25-10-7-15(12-25)21(29)30/h1,3,11,13,15-16H,2,4-10,12H2,(H,29,30)(H,23,26,27)/t15-,16?/m0/s1. The molecule has 3 saturated heterocycles. The van der Waals surface area contributed by atoms with E-state index in [1.165, 1.54) is 0 Å². The van der Waals surface area contributed by atoms with E-state index in [9.17, 15) is 19.2 Å². The van der Waals surface area contributed by atoms with Gasteiger partial charge in [-0.3, -0.25) is 24.5 Å². The van der Waals surface area contributed by atoms with E-state index in [2.05, 4.69) is 15.2 Å². The van der Waals surface area contributed by atoms with Crippen LogP contribution in [0.1, 0.15) is 43.6 Å². The third-order valence-corrected chi connectivity index (χ3v) is 6.43. The van der Waals surface area contributed by atoms with Crippen LogP contribution in [0, 0.1) is 11.8 Å².